The third-order valence-electron chi connectivity index (χ3n) is 5.29. The molecule has 0 aliphatic heterocycles. The van der Waals surface area contributed by atoms with Crippen LogP contribution >= 0.6 is 0 Å². The van der Waals surface area contributed by atoms with Crippen molar-refractivity contribution in [3.8, 4) is 11.1 Å². The average molecular weight is 422 g/mol. The summed E-state index contributed by atoms with van der Waals surface area (Å²) in [7, 11) is 1.39. The van der Waals surface area contributed by atoms with Gasteiger partial charge in [-0.25, -0.2) is 18.8 Å². The van der Waals surface area contributed by atoms with Gasteiger partial charge in [0.15, 0.2) is 43.6 Å². The maximum Gasteiger partial charge on any atom is 0.337 e. The van der Waals surface area contributed by atoms with Gasteiger partial charge in [0.25, 0.3) is 0 Å². The third kappa shape index (κ3) is 5.05. The van der Waals surface area contributed by atoms with Crippen molar-refractivity contribution in [1.82, 2.24) is 0 Å². The van der Waals surface area contributed by atoms with Crippen LogP contribution < -0.4 is 9.13 Å². The Morgan fingerprint density at radius 1 is 0.750 bits per heavy atom. The summed E-state index contributed by atoms with van der Waals surface area (Å²) in [6.45, 7) is 8.53. The highest BCUT2D eigenvalue weighted by Crippen LogP contribution is 2.16. The number of pyridine rings is 2. The van der Waals surface area contributed by atoms with Crippen molar-refractivity contribution in [2.45, 2.75) is 13.1 Å². The summed E-state index contributed by atoms with van der Waals surface area (Å²) in [5, 5.41) is 0. The zero-order chi connectivity index (χ0) is 22.3. The maximum absolute atomic E-state index is 11.6. The van der Waals surface area contributed by atoms with E-state index < -0.39 is 0 Å². The first kappa shape index (κ1) is 21.0. The molecular weight excluding hydrogens is 398 g/mol. The van der Waals surface area contributed by atoms with E-state index in [-0.39, 0.29) is 5.97 Å². The monoisotopic (exact) mass is 421 g/mol. The molecule has 0 unspecified atom stereocenters. The fourth-order valence-electron chi connectivity index (χ4n) is 3.47. The van der Waals surface area contributed by atoms with Gasteiger partial charge in [0.1, 0.15) is 0 Å². The summed E-state index contributed by atoms with van der Waals surface area (Å²) in [6, 6.07) is 23.6. The number of nitrogens with zero attached hydrogens (tertiary/aromatic N) is 3. The second kappa shape index (κ2) is 9.67. The van der Waals surface area contributed by atoms with Crippen LogP contribution in [0.3, 0.4) is 0 Å². The Labute approximate surface area is 187 Å². The molecule has 0 aliphatic carbocycles. The molecule has 4 aromatic rings. The number of hydrogen-bond donors (Lipinski definition) is 0. The van der Waals surface area contributed by atoms with Crippen LogP contribution in [-0.2, 0) is 17.8 Å². The molecule has 2 heterocycles. The van der Waals surface area contributed by atoms with Crippen LogP contribution in [0, 0.1) is 6.57 Å². The van der Waals surface area contributed by atoms with E-state index in [0.717, 1.165) is 35.3 Å². The van der Waals surface area contributed by atoms with Crippen molar-refractivity contribution >= 4 is 11.7 Å². The minimum atomic E-state index is -0.323. The van der Waals surface area contributed by atoms with Gasteiger partial charge in [-0.2, -0.15) is 0 Å². The van der Waals surface area contributed by atoms with E-state index in [2.05, 4.69) is 63.0 Å². The summed E-state index contributed by atoms with van der Waals surface area (Å²) in [4.78, 5) is 15.0. The standard InChI is InChI=1S/C27H23N3O2/c1-28-26-9-5-22(6-10-26)20-30-17-13-24(14-18-30)23-11-15-29(16-12-23)19-21-3-7-25(8-4-21)27(31)32-2/h3-18H,19-20H2,2H3/q+2. The second-order valence-electron chi connectivity index (χ2n) is 7.49. The lowest BCUT2D eigenvalue weighted by atomic mass is 10.1. The van der Waals surface area contributed by atoms with E-state index >= 15 is 0 Å². The minimum absolute atomic E-state index is 0.323. The van der Waals surface area contributed by atoms with E-state index in [1.165, 1.54) is 7.11 Å². The zero-order valence-corrected chi connectivity index (χ0v) is 17.8. The largest absolute Gasteiger partial charge is 0.465 e. The lowest BCUT2D eigenvalue weighted by Crippen LogP contribution is -2.33. The first-order valence-corrected chi connectivity index (χ1v) is 10.3. The SMILES string of the molecule is [C-]#[N+]c1ccc(C[n+]2ccc(-c3cc[n+](Cc4ccc(C(=O)OC)cc4)cc3)cc2)cc1. The molecule has 0 fully saturated rings. The minimum Gasteiger partial charge on any atom is -0.465 e. The Kier molecular flexibility index (Phi) is 6.33. The Bertz CT molecular complexity index is 1240. The van der Waals surface area contributed by atoms with Crippen LogP contribution in [-0.4, -0.2) is 13.1 Å². The highest BCUT2D eigenvalue weighted by Gasteiger charge is 2.09. The van der Waals surface area contributed by atoms with Gasteiger partial charge in [0.2, 0.25) is 0 Å². The molecule has 0 atom stereocenters. The van der Waals surface area contributed by atoms with Gasteiger partial charge in [-0.1, -0.05) is 36.4 Å². The van der Waals surface area contributed by atoms with Gasteiger partial charge in [0.05, 0.1) is 19.2 Å². The van der Waals surface area contributed by atoms with Crippen molar-refractivity contribution < 1.29 is 18.7 Å². The fourth-order valence-corrected chi connectivity index (χ4v) is 3.47. The molecule has 5 heteroatoms. The summed E-state index contributed by atoms with van der Waals surface area (Å²) >= 11 is 0. The predicted octanol–water partition coefficient (Wildman–Crippen LogP) is 4.36. The summed E-state index contributed by atoms with van der Waals surface area (Å²) in [5.74, 6) is -0.323. The van der Waals surface area contributed by atoms with Gasteiger partial charge in [-0.3, -0.25) is 0 Å². The molecule has 0 saturated carbocycles. The summed E-state index contributed by atoms with van der Waals surface area (Å²) < 4.78 is 8.97. The Morgan fingerprint density at radius 3 is 1.59 bits per heavy atom. The molecule has 0 N–H and O–H groups in total. The second-order valence-corrected chi connectivity index (χ2v) is 7.49. The molecule has 156 valence electrons. The Hall–Kier alpha value is -4.30. The molecule has 0 spiro atoms. The van der Waals surface area contributed by atoms with E-state index in [0.29, 0.717) is 11.3 Å². The van der Waals surface area contributed by atoms with Crippen LogP contribution in [0.1, 0.15) is 21.5 Å². The first-order valence-electron chi connectivity index (χ1n) is 10.3. The number of aromatic nitrogens is 2. The van der Waals surface area contributed by atoms with E-state index in [4.69, 9.17) is 11.3 Å². The van der Waals surface area contributed by atoms with Crippen LogP contribution in [0.5, 0.6) is 0 Å². The van der Waals surface area contributed by atoms with Crippen molar-refractivity contribution in [1.29, 1.82) is 0 Å². The third-order valence-corrected chi connectivity index (χ3v) is 5.29. The van der Waals surface area contributed by atoms with Gasteiger partial charge >= 0.3 is 5.97 Å². The van der Waals surface area contributed by atoms with Gasteiger partial charge < -0.3 is 4.74 Å². The molecule has 2 aromatic heterocycles. The smallest absolute Gasteiger partial charge is 0.337 e. The number of benzene rings is 2. The lowest BCUT2D eigenvalue weighted by molar-refractivity contribution is -0.688. The number of carbonyl (C=O) groups excluding carboxylic acids is 1. The van der Waals surface area contributed by atoms with Crippen LogP contribution in [0.4, 0.5) is 5.69 Å². The zero-order valence-electron chi connectivity index (χ0n) is 17.8. The quantitative estimate of drug-likeness (QED) is 0.264. The number of carbonyl (C=O) groups is 1. The molecule has 0 aliphatic rings. The van der Waals surface area contributed by atoms with Crippen LogP contribution in [0.25, 0.3) is 16.0 Å². The number of methoxy groups -OCH3 is 1. The van der Waals surface area contributed by atoms with Crippen molar-refractivity contribution in [2.24, 2.45) is 0 Å². The van der Waals surface area contributed by atoms with Crippen LogP contribution in [0.15, 0.2) is 97.6 Å². The van der Waals surface area contributed by atoms with E-state index in [1.807, 2.05) is 36.4 Å². The summed E-state index contributed by atoms with van der Waals surface area (Å²) in [5.41, 5.74) is 5.79. The van der Waals surface area contributed by atoms with Gasteiger partial charge in [-0.15, -0.1) is 0 Å². The molecule has 0 saturated heterocycles. The van der Waals surface area contributed by atoms with Crippen LogP contribution in [0.2, 0.25) is 0 Å². The molecule has 0 amide bonds. The topological polar surface area (TPSA) is 38.4 Å². The number of esters is 1. The molecule has 0 radical (unpaired) electrons. The Morgan fingerprint density at radius 2 is 1.19 bits per heavy atom. The molecule has 5 nitrogen and oxygen atoms in total. The van der Waals surface area contributed by atoms with Gasteiger partial charge in [-0.05, 0) is 23.3 Å². The molecular formula is C27H23N3O2+2. The lowest BCUT2D eigenvalue weighted by Gasteiger charge is -2.03. The molecule has 0 bridgehead atoms. The average Bonchev–Trinajstić information content (AvgIpc) is 2.85. The highest BCUT2D eigenvalue weighted by atomic mass is 16.5. The van der Waals surface area contributed by atoms with Crippen molar-refractivity contribution in [2.75, 3.05) is 7.11 Å². The summed E-state index contributed by atoms with van der Waals surface area (Å²) in [6.07, 6.45) is 8.26. The number of ether oxygens (including phenoxy) is 1. The van der Waals surface area contributed by atoms with Crippen molar-refractivity contribution in [3.05, 3.63) is 126 Å². The molecule has 32 heavy (non-hydrogen) atoms. The Balaban J connectivity index is 1.40. The normalized spacial score (nSPS) is 10.4. The highest BCUT2D eigenvalue weighted by molar-refractivity contribution is 5.89. The van der Waals surface area contributed by atoms with Crippen molar-refractivity contribution in [3.63, 3.8) is 0 Å². The maximum atomic E-state index is 11.6. The molecule has 2 aromatic carbocycles. The van der Waals surface area contributed by atoms with E-state index in [9.17, 15) is 4.79 Å². The first-order chi connectivity index (χ1) is 15.6. The number of hydrogen-bond acceptors (Lipinski definition) is 2. The fraction of sp³-hybridized carbons (Fsp3) is 0.111. The number of rotatable bonds is 6. The molecule has 4 rings (SSSR count). The predicted molar refractivity (Wildman–Crippen MR) is 121 cm³/mol. The van der Waals surface area contributed by atoms with Gasteiger partial charge in [0, 0.05) is 35.4 Å². The van der Waals surface area contributed by atoms with E-state index in [1.54, 1.807) is 12.1 Å².